The van der Waals surface area contributed by atoms with E-state index in [1.165, 1.54) is 0 Å². The molecule has 1 fully saturated rings. The molecule has 0 atom stereocenters. The van der Waals surface area contributed by atoms with Crippen molar-refractivity contribution in [2.24, 2.45) is 5.92 Å². The third-order valence-electron chi connectivity index (χ3n) is 4.29. The van der Waals surface area contributed by atoms with Crippen molar-refractivity contribution < 1.29 is 19.4 Å². The predicted molar refractivity (Wildman–Crippen MR) is 89.6 cm³/mol. The van der Waals surface area contributed by atoms with Gasteiger partial charge in [-0.15, -0.1) is 10.2 Å². The van der Waals surface area contributed by atoms with E-state index in [1.54, 1.807) is 12.4 Å². The molecule has 2 aromatic rings. The topological polar surface area (TPSA) is 110 Å². The number of carbonyl (C=O) groups is 2. The lowest BCUT2D eigenvalue weighted by Crippen LogP contribution is -2.39. The molecule has 2 aliphatic rings. The van der Waals surface area contributed by atoms with Gasteiger partial charge in [-0.3, -0.25) is 14.6 Å². The zero-order chi connectivity index (χ0) is 18.4. The monoisotopic (exact) mass is 359 g/mol. The molecular weight excluding hydrogens is 338 g/mol. The molecule has 2 aromatic heterocycles. The average Bonchev–Trinajstić information content (AvgIpc) is 3.44. The van der Waals surface area contributed by atoms with Crippen LogP contribution in [0.5, 0.6) is 0 Å². The molecule has 0 spiro atoms. The van der Waals surface area contributed by atoms with Crippen molar-refractivity contribution in [2.75, 3.05) is 6.54 Å². The van der Waals surface area contributed by atoms with Crippen LogP contribution in [0.4, 0.5) is 0 Å². The first-order chi connectivity index (χ1) is 12.7. The van der Waals surface area contributed by atoms with Gasteiger partial charge in [-0.05, 0) is 24.5 Å². The second kappa shape index (κ2) is 8.52. The average molecular weight is 359 g/mol. The lowest BCUT2D eigenvalue weighted by Gasteiger charge is -2.27. The van der Waals surface area contributed by atoms with Crippen molar-refractivity contribution in [1.29, 1.82) is 0 Å². The summed E-state index contributed by atoms with van der Waals surface area (Å²) in [6.45, 7) is 2.70. The summed E-state index contributed by atoms with van der Waals surface area (Å²) in [6, 6.07) is 3.87. The molecule has 0 bridgehead atoms. The second-order valence-electron chi connectivity index (χ2n) is 6.18. The first-order valence-corrected chi connectivity index (χ1v) is 8.47. The van der Waals surface area contributed by atoms with Crippen LogP contribution in [0, 0.1) is 5.92 Å². The maximum Gasteiger partial charge on any atom is 0.290 e. The van der Waals surface area contributed by atoms with Gasteiger partial charge in [0.1, 0.15) is 6.61 Å². The quantitative estimate of drug-likeness (QED) is 0.788. The van der Waals surface area contributed by atoms with Crippen LogP contribution in [0.2, 0.25) is 0 Å². The summed E-state index contributed by atoms with van der Waals surface area (Å²) in [7, 11) is 0. The molecule has 9 heteroatoms. The van der Waals surface area contributed by atoms with Gasteiger partial charge in [0.2, 0.25) is 5.91 Å². The number of ether oxygens (including phenoxy) is 1. The number of carbonyl (C=O) groups excluding carboxylic acids is 1. The van der Waals surface area contributed by atoms with Gasteiger partial charge in [0.05, 0.1) is 13.2 Å². The molecule has 1 saturated carbocycles. The number of nitrogens with zero attached hydrogens (tertiary/aromatic N) is 5. The molecule has 0 unspecified atom stereocenters. The van der Waals surface area contributed by atoms with Crippen LogP contribution < -0.4 is 0 Å². The Morgan fingerprint density at radius 1 is 1.31 bits per heavy atom. The molecule has 0 aromatic carbocycles. The fraction of sp³-hybridized carbons (Fsp3) is 0.471. The lowest BCUT2D eigenvalue weighted by atomic mass is 10.3. The van der Waals surface area contributed by atoms with Crippen molar-refractivity contribution in [2.45, 2.75) is 39.1 Å². The summed E-state index contributed by atoms with van der Waals surface area (Å²) < 4.78 is 7.78. The van der Waals surface area contributed by atoms with Crippen LogP contribution in [-0.4, -0.2) is 48.7 Å². The number of carboxylic acid groups (broad SMARTS) is 1. The molecule has 3 heterocycles. The minimum Gasteiger partial charge on any atom is -0.483 e. The van der Waals surface area contributed by atoms with Crippen LogP contribution in [-0.2, 0) is 40.6 Å². The summed E-state index contributed by atoms with van der Waals surface area (Å²) in [4.78, 5) is 26.5. The zero-order valence-corrected chi connectivity index (χ0v) is 14.3. The van der Waals surface area contributed by atoms with E-state index in [0.29, 0.717) is 19.8 Å². The third kappa shape index (κ3) is 4.42. The van der Waals surface area contributed by atoms with Crippen molar-refractivity contribution >= 4 is 12.4 Å². The highest BCUT2D eigenvalue weighted by atomic mass is 16.5. The first kappa shape index (κ1) is 18.0. The first-order valence-electron chi connectivity index (χ1n) is 8.47. The van der Waals surface area contributed by atoms with Crippen LogP contribution in [0.15, 0.2) is 24.5 Å². The van der Waals surface area contributed by atoms with E-state index in [0.717, 1.165) is 43.1 Å². The van der Waals surface area contributed by atoms with E-state index in [-0.39, 0.29) is 18.3 Å². The van der Waals surface area contributed by atoms with Crippen molar-refractivity contribution in [1.82, 2.24) is 24.6 Å². The number of amides is 1. The standard InChI is InChI=1S/C16H19N5O2.CH2O2/c22-16(13-3-4-13)20-6-7-21-14(9-20)18-19-15(21)11-23-10-12-2-1-5-17-8-12;2-1-3/h1-2,5,8,13H,3-4,6-7,9-11H2;1H,(H,2,3). The Balaban J connectivity index is 0.000000613. The van der Waals surface area contributed by atoms with Gasteiger partial charge in [0.25, 0.3) is 6.47 Å². The normalized spacial score (nSPS) is 15.6. The minimum absolute atomic E-state index is 0.250. The molecule has 0 saturated heterocycles. The predicted octanol–water partition coefficient (Wildman–Crippen LogP) is 0.843. The number of aromatic nitrogens is 4. The zero-order valence-electron chi connectivity index (χ0n) is 14.3. The van der Waals surface area contributed by atoms with Crippen LogP contribution in [0.3, 0.4) is 0 Å². The highest BCUT2D eigenvalue weighted by Crippen LogP contribution is 2.32. The molecule has 1 amide bonds. The molecule has 4 rings (SSSR count). The number of hydrogen-bond acceptors (Lipinski definition) is 6. The van der Waals surface area contributed by atoms with E-state index >= 15 is 0 Å². The fourth-order valence-electron chi connectivity index (χ4n) is 2.84. The maximum atomic E-state index is 12.1. The molecule has 1 aliphatic heterocycles. The van der Waals surface area contributed by atoms with Crippen LogP contribution in [0.25, 0.3) is 0 Å². The largest absolute Gasteiger partial charge is 0.483 e. The van der Waals surface area contributed by atoms with Gasteiger partial charge < -0.3 is 19.3 Å². The van der Waals surface area contributed by atoms with Crippen molar-refractivity contribution in [3.8, 4) is 0 Å². The van der Waals surface area contributed by atoms with E-state index in [4.69, 9.17) is 14.6 Å². The molecule has 1 aliphatic carbocycles. The third-order valence-corrected chi connectivity index (χ3v) is 4.29. The van der Waals surface area contributed by atoms with Crippen molar-refractivity contribution in [3.05, 3.63) is 41.7 Å². The second-order valence-corrected chi connectivity index (χ2v) is 6.18. The smallest absolute Gasteiger partial charge is 0.290 e. The summed E-state index contributed by atoms with van der Waals surface area (Å²) in [6.07, 6.45) is 5.61. The lowest BCUT2D eigenvalue weighted by molar-refractivity contribution is -0.134. The maximum absolute atomic E-state index is 12.1. The Labute approximate surface area is 150 Å². The fourth-order valence-corrected chi connectivity index (χ4v) is 2.84. The van der Waals surface area contributed by atoms with Gasteiger partial charge >= 0.3 is 0 Å². The number of pyridine rings is 1. The number of rotatable bonds is 5. The molecule has 138 valence electrons. The number of hydrogen-bond donors (Lipinski definition) is 1. The van der Waals surface area contributed by atoms with Crippen molar-refractivity contribution in [3.63, 3.8) is 0 Å². The van der Waals surface area contributed by atoms with Crippen LogP contribution >= 0.6 is 0 Å². The summed E-state index contributed by atoms with van der Waals surface area (Å²) in [5, 5.41) is 15.3. The SMILES string of the molecule is O=C(C1CC1)N1CCn2c(COCc3cccnc3)nnc2C1.O=CO. The van der Waals surface area contributed by atoms with Gasteiger partial charge in [-0.1, -0.05) is 6.07 Å². The van der Waals surface area contributed by atoms with E-state index < -0.39 is 0 Å². The molecule has 0 radical (unpaired) electrons. The Kier molecular flexibility index (Phi) is 5.90. The molecular formula is C17H21N5O4. The van der Waals surface area contributed by atoms with E-state index in [2.05, 4.69) is 19.7 Å². The Bertz CT molecular complexity index is 745. The van der Waals surface area contributed by atoms with E-state index in [1.807, 2.05) is 17.0 Å². The van der Waals surface area contributed by atoms with Gasteiger partial charge in [0, 0.05) is 31.4 Å². The molecule has 9 nitrogen and oxygen atoms in total. The highest BCUT2D eigenvalue weighted by molar-refractivity contribution is 5.81. The van der Waals surface area contributed by atoms with Gasteiger partial charge in [0.15, 0.2) is 11.6 Å². The van der Waals surface area contributed by atoms with E-state index in [9.17, 15) is 4.79 Å². The summed E-state index contributed by atoms with van der Waals surface area (Å²) in [5.74, 6) is 2.20. The molecule has 1 N–H and O–H groups in total. The number of fused-ring (bicyclic) bond motifs is 1. The summed E-state index contributed by atoms with van der Waals surface area (Å²) in [5.41, 5.74) is 1.03. The minimum atomic E-state index is -0.250. The Morgan fingerprint density at radius 3 is 2.81 bits per heavy atom. The Morgan fingerprint density at radius 2 is 2.12 bits per heavy atom. The van der Waals surface area contributed by atoms with Crippen LogP contribution in [0.1, 0.15) is 30.1 Å². The van der Waals surface area contributed by atoms with Gasteiger partial charge in [-0.25, -0.2) is 0 Å². The Hall–Kier alpha value is -2.81. The molecule has 26 heavy (non-hydrogen) atoms. The highest BCUT2D eigenvalue weighted by Gasteiger charge is 2.35. The summed E-state index contributed by atoms with van der Waals surface area (Å²) >= 11 is 0. The van der Waals surface area contributed by atoms with Gasteiger partial charge in [-0.2, -0.15) is 0 Å².